The molecular formula is C18H20INO. The van der Waals surface area contributed by atoms with Gasteiger partial charge in [0.15, 0.2) is 0 Å². The minimum absolute atomic E-state index is 0.0799. The Morgan fingerprint density at radius 2 is 1.48 bits per heavy atom. The van der Waals surface area contributed by atoms with Crippen LogP contribution in [0.3, 0.4) is 0 Å². The van der Waals surface area contributed by atoms with Crippen molar-refractivity contribution in [2.75, 3.05) is 15.9 Å². The highest BCUT2D eigenvalue weighted by molar-refractivity contribution is 14.1. The van der Waals surface area contributed by atoms with Crippen LogP contribution in [0.5, 0.6) is 0 Å². The highest BCUT2D eigenvalue weighted by Crippen LogP contribution is 2.18. The zero-order valence-corrected chi connectivity index (χ0v) is 14.2. The third-order valence-electron chi connectivity index (χ3n) is 3.35. The van der Waals surface area contributed by atoms with Crippen LogP contribution in [-0.4, -0.2) is 16.9 Å². The quantitative estimate of drug-likeness (QED) is 0.371. The lowest BCUT2D eigenvalue weighted by atomic mass is 10.1. The number of alkyl halides is 1. The van der Waals surface area contributed by atoms with E-state index in [1.165, 1.54) is 10.8 Å². The summed E-state index contributed by atoms with van der Waals surface area (Å²) in [6.45, 7) is 0.772. The van der Waals surface area contributed by atoms with Crippen molar-refractivity contribution >= 4 is 34.2 Å². The smallest absolute Gasteiger partial charge is 0.258 e. The number of nitrogens with zero attached hydrogens (tertiary/aromatic N) is 1. The van der Waals surface area contributed by atoms with E-state index in [1.807, 2.05) is 65.6 Å². The second kappa shape index (κ2) is 8.82. The molecular weight excluding hydrogens is 373 g/mol. The highest BCUT2D eigenvalue weighted by Gasteiger charge is 2.16. The van der Waals surface area contributed by atoms with Crippen LogP contribution in [0.25, 0.3) is 0 Å². The van der Waals surface area contributed by atoms with E-state index in [9.17, 15) is 4.79 Å². The first-order valence-corrected chi connectivity index (χ1v) is 8.83. The van der Waals surface area contributed by atoms with Crippen LogP contribution in [0.15, 0.2) is 60.7 Å². The number of rotatable bonds is 7. The van der Waals surface area contributed by atoms with Crippen LogP contribution < -0.4 is 4.90 Å². The van der Waals surface area contributed by atoms with Gasteiger partial charge < -0.3 is 4.90 Å². The summed E-state index contributed by atoms with van der Waals surface area (Å²) in [7, 11) is 0. The Morgan fingerprint density at radius 3 is 2.10 bits per heavy atom. The molecule has 0 heterocycles. The molecule has 0 aromatic heterocycles. The van der Waals surface area contributed by atoms with Gasteiger partial charge in [-0.15, -0.1) is 0 Å². The molecule has 0 unspecified atom stereocenters. The summed E-state index contributed by atoms with van der Waals surface area (Å²) < 4.78 is 1.18. The Bertz CT molecular complexity index is 542. The highest BCUT2D eigenvalue weighted by atomic mass is 127. The Morgan fingerprint density at radius 1 is 0.857 bits per heavy atom. The predicted octanol–water partition coefficient (Wildman–Crippen LogP) is 4.94. The molecule has 1 amide bonds. The lowest BCUT2D eigenvalue weighted by Crippen LogP contribution is -2.31. The Hall–Kier alpha value is -1.36. The second-order valence-electron chi connectivity index (χ2n) is 4.91. The van der Waals surface area contributed by atoms with Crippen molar-refractivity contribution in [1.82, 2.24) is 0 Å². The lowest BCUT2D eigenvalue weighted by molar-refractivity contribution is 0.0986. The minimum atomic E-state index is 0.0799. The lowest BCUT2D eigenvalue weighted by Gasteiger charge is -2.23. The largest absolute Gasteiger partial charge is 0.308 e. The first-order valence-electron chi connectivity index (χ1n) is 7.31. The van der Waals surface area contributed by atoms with E-state index >= 15 is 0 Å². The Labute approximate surface area is 140 Å². The molecule has 0 saturated heterocycles. The third-order valence-corrected chi connectivity index (χ3v) is 4.11. The fourth-order valence-corrected chi connectivity index (χ4v) is 2.77. The first kappa shape index (κ1) is 16.0. The maximum absolute atomic E-state index is 12.7. The average molecular weight is 393 g/mol. The van der Waals surface area contributed by atoms with Gasteiger partial charge in [0.2, 0.25) is 0 Å². The number of halogens is 1. The van der Waals surface area contributed by atoms with Gasteiger partial charge in [-0.05, 0) is 41.5 Å². The summed E-state index contributed by atoms with van der Waals surface area (Å²) in [5.41, 5.74) is 1.72. The van der Waals surface area contributed by atoms with E-state index < -0.39 is 0 Å². The molecule has 0 aliphatic carbocycles. The van der Waals surface area contributed by atoms with E-state index in [0.717, 1.165) is 30.6 Å². The van der Waals surface area contributed by atoms with Gasteiger partial charge in [-0.25, -0.2) is 0 Å². The van der Waals surface area contributed by atoms with Crippen molar-refractivity contribution in [2.24, 2.45) is 0 Å². The summed E-state index contributed by atoms with van der Waals surface area (Å²) in [4.78, 5) is 14.6. The molecule has 2 aromatic carbocycles. The second-order valence-corrected chi connectivity index (χ2v) is 5.99. The van der Waals surface area contributed by atoms with Crippen molar-refractivity contribution < 1.29 is 4.79 Å². The van der Waals surface area contributed by atoms with Crippen molar-refractivity contribution in [3.63, 3.8) is 0 Å². The van der Waals surface area contributed by atoms with Gasteiger partial charge in [0.1, 0.15) is 0 Å². The standard InChI is InChI=1S/C18H20INO/c19-14-8-3-9-15-20(17-12-6-2-7-13-17)18(21)16-10-4-1-5-11-16/h1-2,4-7,10-13H,3,8-9,14-15H2. The van der Waals surface area contributed by atoms with Crippen LogP contribution >= 0.6 is 22.6 Å². The fourth-order valence-electron chi connectivity index (χ4n) is 2.23. The van der Waals surface area contributed by atoms with Crippen LogP contribution in [0.1, 0.15) is 29.6 Å². The molecule has 0 bridgehead atoms. The molecule has 110 valence electrons. The van der Waals surface area contributed by atoms with E-state index in [2.05, 4.69) is 22.6 Å². The van der Waals surface area contributed by atoms with Crippen molar-refractivity contribution in [2.45, 2.75) is 19.3 Å². The van der Waals surface area contributed by atoms with E-state index in [1.54, 1.807) is 0 Å². The Balaban J connectivity index is 2.14. The molecule has 0 saturated carbocycles. The number of para-hydroxylation sites is 1. The number of amides is 1. The monoisotopic (exact) mass is 393 g/mol. The van der Waals surface area contributed by atoms with Crippen molar-refractivity contribution in [1.29, 1.82) is 0 Å². The fraction of sp³-hybridized carbons (Fsp3) is 0.278. The van der Waals surface area contributed by atoms with Gasteiger partial charge in [0, 0.05) is 17.8 Å². The maximum Gasteiger partial charge on any atom is 0.258 e. The summed E-state index contributed by atoms with van der Waals surface area (Å²) in [6.07, 6.45) is 3.41. The molecule has 2 nitrogen and oxygen atoms in total. The number of anilines is 1. The molecule has 2 rings (SSSR count). The van der Waals surface area contributed by atoms with Gasteiger partial charge in [0.05, 0.1) is 0 Å². The topological polar surface area (TPSA) is 20.3 Å². The van der Waals surface area contributed by atoms with Crippen molar-refractivity contribution in [3.8, 4) is 0 Å². The molecule has 0 aliphatic rings. The van der Waals surface area contributed by atoms with Crippen LogP contribution in [0.4, 0.5) is 5.69 Å². The summed E-state index contributed by atoms with van der Waals surface area (Å²) in [6, 6.07) is 19.4. The Kier molecular flexibility index (Phi) is 6.73. The number of unbranched alkanes of at least 4 members (excludes halogenated alkanes) is 2. The number of carbonyl (C=O) groups excluding carboxylic acids is 1. The summed E-state index contributed by atoms with van der Waals surface area (Å²) in [5.74, 6) is 0.0799. The van der Waals surface area contributed by atoms with Gasteiger partial charge in [0.25, 0.3) is 5.91 Å². The molecule has 0 N–H and O–H groups in total. The van der Waals surface area contributed by atoms with Crippen molar-refractivity contribution in [3.05, 3.63) is 66.2 Å². The molecule has 21 heavy (non-hydrogen) atoms. The van der Waals surface area contributed by atoms with Gasteiger partial charge in [-0.2, -0.15) is 0 Å². The zero-order chi connectivity index (χ0) is 14.9. The van der Waals surface area contributed by atoms with Crippen LogP contribution in [0.2, 0.25) is 0 Å². The molecule has 0 aliphatic heterocycles. The van der Waals surface area contributed by atoms with E-state index in [4.69, 9.17) is 0 Å². The molecule has 0 spiro atoms. The van der Waals surface area contributed by atoms with E-state index in [-0.39, 0.29) is 5.91 Å². The zero-order valence-electron chi connectivity index (χ0n) is 12.0. The molecule has 3 heteroatoms. The molecule has 2 aromatic rings. The van der Waals surface area contributed by atoms with Gasteiger partial charge >= 0.3 is 0 Å². The molecule has 0 fully saturated rings. The van der Waals surface area contributed by atoms with Gasteiger partial charge in [-0.1, -0.05) is 65.4 Å². The third kappa shape index (κ3) is 4.84. The number of benzene rings is 2. The minimum Gasteiger partial charge on any atom is -0.308 e. The van der Waals surface area contributed by atoms with Crippen LogP contribution in [-0.2, 0) is 0 Å². The SMILES string of the molecule is O=C(c1ccccc1)N(CCCCCI)c1ccccc1. The normalized spacial score (nSPS) is 10.3. The number of carbonyl (C=O) groups is 1. The van der Waals surface area contributed by atoms with Crippen LogP contribution in [0, 0.1) is 0 Å². The average Bonchev–Trinajstić information content (AvgIpc) is 2.56. The first-order chi connectivity index (χ1) is 10.3. The van der Waals surface area contributed by atoms with E-state index in [0.29, 0.717) is 0 Å². The summed E-state index contributed by atoms with van der Waals surface area (Å²) >= 11 is 2.40. The number of hydrogen-bond donors (Lipinski definition) is 0. The molecule has 0 radical (unpaired) electrons. The number of hydrogen-bond acceptors (Lipinski definition) is 1. The summed E-state index contributed by atoms with van der Waals surface area (Å²) in [5, 5.41) is 0. The van der Waals surface area contributed by atoms with Gasteiger partial charge in [-0.3, -0.25) is 4.79 Å². The molecule has 0 atom stereocenters. The predicted molar refractivity (Wildman–Crippen MR) is 97.3 cm³/mol. The maximum atomic E-state index is 12.7.